The van der Waals surface area contributed by atoms with Crippen molar-refractivity contribution >= 4 is 17.7 Å². The Morgan fingerprint density at radius 2 is 1.64 bits per heavy atom. The normalized spacial score (nSPS) is 13.5. The zero-order chi connectivity index (χ0) is 28.2. The molecule has 210 valence electrons. The number of methoxy groups -OCH3 is 1. The lowest BCUT2D eigenvalue weighted by molar-refractivity contribution is -0.134. The molecule has 0 amide bonds. The molecule has 3 aromatic rings. The third-order valence-corrected chi connectivity index (χ3v) is 7.96. The van der Waals surface area contributed by atoms with Gasteiger partial charge in [-0.1, -0.05) is 30.7 Å². The Morgan fingerprint density at radius 3 is 2.36 bits per heavy atom. The Labute approximate surface area is 237 Å². The van der Waals surface area contributed by atoms with Crippen molar-refractivity contribution in [3.05, 3.63) is 76.3 Å². The predicted octanol–water partition coefficient (Wildman–Crippen LogP) is 7.79. The maximum Gasteiger partial charge on any atom is 0.300 e. The number of ether oxygens (including phenoxy) is 2. The van der Waals surface area contributed by atoms with Crippen LogP contribution in [0.4, 0.5) is 0 Å². The van der Waals surface area contributed by atoms with E-state index >= 15 is 0 Å². The van der Waals surface area contributed by atoms with Gasteiger partial charge in [0, 0.05) is 37.7 Å². The van der Waals surface area contributed by atoms with Crippen LogP contribution in [0.5, 0.6) is 11.5 Å². The maximum atomic E-state index is 9.08. The standard InChI is InChI=1S/C23H30O2.C8H8OS.C2H4O2/c1-17-15-20(25-14-8-13-24-3)16-18(2)23(17)22-12-7-10-19-9-5-4-6-11-21(19)22;9-7-2-1-6-3-4-10-8(6)5-7;1-2(3)4/h7,10,12,15-16H,4-6,8-9,11,13-14H2,1-3H3;1-2,5,9H,3-4H2;1H3,(H,3,4). The average Bonchev–Trinajstić information content (AvgIpc) is 3.21. The van der Waals surface area contributed by atoms with Crippen LogP contribution in [0.2, 0.25) is 0 Å². The number of fused-ring (bicyclic) bond motifs is 2. The lowest BCUT2D eigenvalue weighted by Crippen LogP contribution is -2.03. The highest BCUT2D eigenvalue weighted by atomic mass is 32.2. The van der Waals surface area contributed by atoms with E-state index in [0.717, 1.165) is 32.1 Å². The van der Waals surface area contributed by atoms with Crippen LogP contribution in [0, 0.1) is 13.8 Å². The molecule has 0 spiro atoms. The van der Waals surface area contributed by atoms with E-state index in [1.54, 1.807) is 24.3 Å². The van der Waals surface area contributed by atoms with Crippen molar-refractivity contribution in [1.82, 2.24) is 0 Å². The summed E-state index contributed by atoms with van der Waals surface area (Å²) in [5.41, 5.74) is 9.93. The molecule has 0 saturated heterocycles. The van der Waals surface area contributed by atoms with Crippen LogP contribution < -0.4 is 4.74 Å². The molecule has 2 aliphatic rings. The number of aryl methyl sites for hydroxylation is 4. The van der Waals surface area contributed by atoms with Crippen molar-refractivity contribution in [3.8, 4) is 22.6 Å². The number of carboxylic acid groups (broad SMARTS) is 1. The van der Waals surface area contributed by atoms with Gasteiger partial charge in [0.15, 0.2) is 0 Å². The fraction of sp³-hybridized carbons (Fsp3) is 0.424. The summed E-state index contributed by atoms with van der Waals surface area (Å²) in [6.45, 7) is 6.94. The van der Waals surface area contributed by atoms with E-state index in [0.29, 0.717) is 12.4 Å². The molecule has 5 rings (SSSR count). The summed E-state index contributed by atoms with van der Waals surface area (Å²) in [6.07, 6.45) is 8.48. The number of aromatic hydroxyl groups is 1. The number of phenols is 1. The molecule has 0 fully saturated rings. The zero-order valence-electron chi connectivity index (χ0n) is 23.7. The highest BCUT2D eigenvalue weighted by molar-refractivity contribution is 7.99. The van der Waals surface area contributed by atoms with Gasteiger partial charge in [-0.05, 0) is 109 Å². The van der Waals surface area contributed by atoms with Gasteiger partial charge in [0.1, 0.15) is 11.5 Å². The molecule has 2 N–H and O–H groups in total. The second-order valence-corrected chi connectivity index (χ2v) is 11.2. The van der Waals surface area contributed by atoms with E-state index in [2.05, 4.69) is 44.2 Å². The van der Waals surface area contributed by atoms with Gasteiger partial charge in [0.2, 0.25) is 0 Å². The highest BCUT2D eigenvalue weighted by Crippen LogP contribution is 2.37. The Hall–Kier alpha value is -2.96. The third kappa shape index (κ3) is 9.33. The quantitative estimate of drug-likeness (QED) is 0.241. The fourth-order valence-corrected chi connectivity index (χ4v) is 6.27. The van der Waals surface area contributed by atoms with Crippen LogP contribution in [0.15, 0.2) is 53.4 Å². The smallest absolute Gasteiger partial charge is 0.300 e. The molecule has 1 aliphatic carbocycles. The predicted molar refractivity (Wildman–Crippen MR) is 160 cm³/mol. The summed E-state index contributed by atoms with van der Waals surface area (Å²) in [5, 5.41) is 16.5. The molecular formula is C33H42O5S. The molecule has 0 saturated carbocycles. The number of carboxylic acids is 1. The first-order valence-electron chi connectivity index (χ1n) is 13.8. The molecule has 3 aromatic carbocycles. The lowest BCUT2D eigenvalue weighted by atomic mass is 9.88. The number of carbonyl (C=O) groups is 1. The summed E-state index contributed by atoms with van der Waals surface area (Å²) >= 11 is 1.82. The topological polar surface area (TPSA) is 76.0 Å². The van der Waals surface area contributed by atoms with E-state index < -0.39 is 5.97 Å². The Bertz CT molecular complexity index is 1210. The first-order chi connectivity index (χ1) is 18.8. The summed E-state index contributed by atoms with van der Waals surface area (Å²) in [7, 11) is 1.73. The lowest BCUT2D eigenvalue weighted by Gasteiger charge is -2.18. The molecular weight excluding hydrogens is 508 g/mol. The highest BCUT2D eigenvalue weighted by Gasteiger charge is 2.16. The third-order valence-electron chi connectivity index (χ3n) is 6.86. The molecule has 6 heteroatoms. The first-order valence-corrected chi connectivity index (χ1v) is 14.8. The van der Waals surface area contributed by atoms with Crippen LogP contribution in [0.1, 0.15) is 60.4 Å². The molecule has 1 heterocycles. The number of rotatable bonds is 6. The van der Waals surface area contributed by atoms with Gasteiger partial charge in [-0.15, -0.1) is 11.8 Å². The molecule has 1 aliphatic heterocycles. The average molecular weight is 551 g/mol. The number of phenolic OH excluding ortho intramolecular Hbond substituents is 1. The molecule has 0 atom stereocenters. The minimum Gasteiger partial charge on any atom is -0.508 e. The largest absolute Gasteiger partial charge is 0.508 e. The van der Waals surface area contributed by atoms with Crippen molar-refractivity contribution in [1.29, 1.82) is 0 Å². The van der Waals surface area contributed by atoms with Gasteiger partial charge in [-0.2, -0.15) is 0 Å². The van der Waals surface area contributed by atoms with Gasteiger partial charge in [0.25, 0.3) is 5.97 Å². The maximum absolute atomic E-state index is 9.08. The Kier molecular flexibility index (Phi) is 12.2. The van der Waals surface area contributed by atoms with E-state index in [1.165, 1.54) is 70.6 Å². The van der Waals surface area contributed by atoms with Gasteiger partial charge < -0.3 is 19.7 Å². The summed E-state index contributed by atoms with van der Waals surface area (Å²) in [5.74, 6) is 1.68. The van der Waals surface area contributed by atoms with Crippen molar-refractivity contribution < 1.29 is 24.5 Å². The number of thioether (sulfide) groups is 1. The summed E-state index contributed by atoms with van der Waals surface area (Å²) in [4.78, 5) is 10.2. The van der Waals surface area contributed by atoms with Gasteiger partial charge >= 0.3 is 0 Å². The number of benzene rings is 3. The minimum atomic E-state index is -0.833. The Balaban J connectivity index is 0.000000245. The molecule has 5 nitrogen and oxygen atoms in total. The first kappa shape index (κ1) is 30.6. The van der Waals surface area contributed by atoms with Crippen LogP contribution in [-0.2, 0) is 28.8 Å². The van der Waals surface area contributed by atoms with Crippen molar-refractivity contribution in [2.45, 2.75) is 70.6 Å². The van der Waals surface area contributed by atoms with Gasteiger partial charge in [0.05, 0.1) is 6.61 Å². The fourth-order valence-electron chi connectivity index (χ4n) is 5.17. The molecule has 39 heavy (non-hydrogen) atoms. The monoisotopic (exact) mass is 550 g/mol. The van der Waals surface area contributed by atoms with Gasteiger partial charge in [-0.25, -0.2) is 0 Å². The molecule has 0 bridgehead atoms. The number of aliphatic carboxylic acids is 1. The van der Waals surface area contributed by atoms with Crippen molar-refractivity contribution in [2.24, 2.45) is 0 Å². The molecule has 0 radical (unpaired) electrons. The van der Waals surface area contributed by atoms with Crippen LogP contribution in [0.3, 0.4) is 0 Å². The zero-order valence-corrected chi connectivity index (χ0v) is 24.5. The Morgan fingerprint density at radius 1 is 0.923 bits per heavy atom. The van der Waals surface area contributed by atoms with Crippen molar-refractivity contribution in [2.75, 3.05) is 26.1 Å². The minimum absolute atomic E-state index is 0.383. The SMILES string of the molecule is CC(=O)O.COCCCOc1cc(C)c(-c2cccc3c2CCCCC3)c(C)c1.Oc1ccc2c(c1)SCC2. The van der Waals surface area contributed by atoms with Crippen LogP contribution >= 0.6 is 11.8 Å². The van der Waals surface area contributed by atoms with E-state index in [9.17, 15) is 0 Å². The van der Waals surface area contributed by atoms with Gasteiger partial charge in [-0.3, -0.25) is 4.79 Å². The molecule has 0 unspecified atom stereocenters. The van der Waals surface area contributed by atoms with Crippen molar-refractivity contribution in [3.63, 3.8) is 0 Å². The van der Waals surface area contributed by atoms with Crippen LogP contribution in [0.25, 0.3) is 11.1 Å². The number of hydrogen-bond donors (Lipinski definition) is 2. The van der Waals surface area contributed by atoms with Crippen LogP contribution in [-0.4, -0.2) is 42.3 Å². The summed E-state index contributed by atoms with van der Waals surface area (Å²) in [6, 6.07) is 16.8. The van der Waals surface area contributed by atoms with E-state index in [4.69, 9.17) is 24.5 Å². The van der Waals surface area contributed by atoms with E-state index in [-0.39, 0.29) is 0 Å². The van der Waals surface area contributed by atoms with E-state index in [1.807, 2.05) is 23.9 Å². The second-order valence-electron chi connectivity index (χ2n) is 10.0. The second kappa shape index (κ2) is 15.6. The molecule has 0 aromatic heterocycles. The summed E-state index contributed by atoms with van der Waals surface area (Å²) < 4.78 is 11.0. The number of hydrogen-bond acceptors (Lipinski definition) is 5.